The fraction of sp³-hybridized carbons (Fsp3) is 1.00. The van der Waals surface area contributed by atoms with Crippen molar-refractivity contribution in [2.45, 2.75) is 32.5 Å². The second-order valence-electron chi connectivity index (χ2n) is 2.67. The molecule has 0 atom stereocenters. The van der Waals surface area contributed by atoms with Crippen LogP contribution in [0.15, 0.2) is 0 Å². The minimum absolute atomic E-state index is 0.951. The molecule has 0 spiro atoms. The van der Waals surface area contributed by atoms with Crippen LogP contribution in [0.25, 0.3) is 0 Å². The molecule has 0 bridgehead atoms. The molecule has 1 saturated heterocycles. The van der Waals surface area contributed by atoms with Crippen molar-refractivity contribution in [2.75, 3.05) is 11.5 Å². The molecule has 10 heavy (non-hydrogen) atoms. The lowest BCUT2D eigenvalue weighted by atomic mass is 9.96. The molecule has 0 aromatic carbocycles. The molecular formula is C7H15BS2. The summed E-state index contributed by atoms with van der Waals surface area (Å²) in [4.78, 5) is 0. The summed E-state index contributed by atoms with van der Waals surface area (Å²) in [6.07, 6.45) is 5.68. The summed E-state index contributed by atoms with van der Waals surface area (Å²) in [7, 11) is 0. The molecule has 1 rings (SSSR count). The fourth-order valence-electron chi connectivity index (χ4n) is 1.13. The zero-order chi connectivity index (χ0) is 7.23. The van der Waals surface area contributed by atoms with Gasteiger partial charge in [0.2, 0.25) is 0 Å². The third-order valence-corrected chi connectivity index (χ3v) is 4.90. The van der Waals surface area contributed by atoms with E-state index in [4.69, 9.17) is 0 Å². The van der Waals surface area contributed by atoms with Crippen LogP contribution in [0, 0.1) is 0 Å². The molecule has 0 nitrogen and oxygen atoms in total. The summed E-state index contributed by atoms with van der Waals surface area (Å²) < 4.78 is 0. The summed E-state index contributed by atoms with van der Waals surface area (Å²) in [5.74, 6) is 2.78. The zero-order valence-corrected chi connectivity index (χ0v) is 8.27. The van der Waals surface area contributed by atoms with Crippen LogP contribution in [0.2, 0.25) is 6.32 Å². The average molecular weight is 174 g/mol. The Balaban J connectivity index is 1.91. The van der Waals surface area contributed by atoms with Gasteiger partial charge in [-0.2, -0.15) is 23.2 Å². The van der Waals surface area contributed by atoms with E-state index in [9.17, 15) is 0 Å². The van der Waals surface area contributed by atoms with Crippen molar-refractivity contribution in [1.82, 2.24) is 0 Å². The molecule has 58 valence electrons. The van der Waals surface area contributed by atoms with E-state index in [1.807, 2.05) is 0 Å². The van der Waals surface area contributed by atoms with Gasteiger partial charge in [0.05, 0.1) is 0 Å². The number of rotatable bonds is 4. The van der Waals surface area contributed by atoms with Crippen molar-refractivity contribution in [3.63, 3.8) is 0 Å². The zero-order valence-electron chi connectivity index (χ0n) is 6.64. The lowest BCUT2D eigenvalue weighted by Gasteiger charge is -2.00. The first-order valence-corrected chi connectivity index (χ1v) is 6.26. The summed E-state index contributed by atoms with van der Waals surface area (Å²) in [6.45, 7) is 2.27. The van der Waals surface area contributed by atoms with Gasteiger partial charge in [-0.3, -0.25) is 0 Å². The van der Waals surface area contributed by atoms with Crippen LogP contribution >= 0.6 is 23.2 Å². The Morgan fingerprint density at radius 1 is 1.20 bits per heavy atom. The van der Waals surface area contributed by atoms with Crippen LogP contribution < -0.4 is 0 Å². The second-order valence-corrected chi connectivity index (χ2v) is 5.59. The summed E-state index contributed by atoms with van der Waals surface area (Å²) in [6, 6.07) is 0. The van der Waals surface area contributed by atoms with Gasteiger partial charge in [-0.25, -0.2) is 0 Å². The minimum Gasteiger partial charge on any atom is -0.194 e. The molecule has 1 aliphatic heterocycles. The molecule has 0 saturated carbocycles. The van der Waals surface area contributed by atoms with Crippen LogP contribution in [0.4, 0.5) is 0 Å². The van der Waals surface area contributed by atoms with Crippen LogP contribution in [0.5, 0.6) is 0 Å². The van der Waals surface area contributed by atoms with E-state index in [2.05, 4.69) is 30.1 Å². The molecule has 0 N–H and O–H groups in total. The smallest absolute Gasteiger partial charge is 0.194 e. The highest BCUT2D eigenvalue weighted by Crippen LogP contribution is 2.31. The Morgan fingerprint density at radius 2 is 1.90 bits per heavy atom. The van der Waals surface area contributed by atoms with Gasteiger partial charge >= 0.3 is 0 Å². The molecule has 3 heteroatoms. The molecule has 1 aliphatic rings. The molecule has 1 heterocycles. The van der Waals surface area contributed by atoms with Crippen LogP contribution in [0.3, 0.4) is 0 Å². The van der Waals surface area contributed by atoms with E-state index >= 15 is 0 Å². The van der Waals surface area contributed by atoms with Crippen LogP contribution in [-0.4, -0.2) is 16.8 Å². The van der Waals surface area contributed by atoms with E-state index in [1.165, 1.54) is 37.1 Å². The average Bonchev–Trinajstić information content (AvgIpc) is 2.41. The molecule has 0 aromatic heterocycles. The maximum absolute atomic E-state index is 2.27. The Bertz CT molecular complexity index is 81.7. The Hall–Kier alpha value is 0.765. The summed E-state index contributed by atoms with van der Waals surface area (Å²) in [5, 5.41) is 0.951. The fourth-order valence-corrected chi connectivity index (χ4v) is 4.06. The Labute approximate surface area is 72.8 Å². The maximum Gasteiger partial charge on any atom is 0.273 e. The third-order valence-electron chi connectivity index (χ3n) is 1.73. The van der Waals surface area contributed by atoms with Gasteiger partial charge in [-0.05, 0) is 11.5 Å². The van der Waals surface area contributed by atoms with Gasteiger partial charge in [0.1, 0.15) is 0 Å². The normalized spacial score (nSPS) is 18.3. The first kappa shape index (κ1) is 8.86. The highest BCUT2D eigenvalue weighted by Gasteiger charge is 2.19. The summed E-state index contributed by atoms with van der Waals surface area (Å²) >= 11 is 4.31. The lowest BCUT2D eigenvalue weighted by molar-refractivity contribution is 0.770. The van der Waals surface area contributed by atoms with E-state index in [1.54, 1.807) is 0 Å². The van der Waals surface area contributed by atoms with Crippen molar-refractivity contribution < 1.29 is 0 Å². The Kier molecular flexibility index (Phi) is 4.80. The van der Waals surface area contributed by atoms with Crippen molar-refractivity contribution in [1.29, 1.82) is 0 Å². The maximum atomic E-state index is 2.27. The second kappa shape index (κ2) is 5.42. The number of unbranched alkanes of at least 4 members (excludes halogenated alkanes) is 2. The van der Waals surface area contributed by atoms with Crippen molar-refractivity contribution >= 4 is 28.5 Å². The lowest BCUT2D eigenvalue weighted by Crippen LogP contribution is -1.95. The molecule has 0 aromatic rings. The van der Waals surface area contributed by atoms with E-state index in [0.29, 0.717) is 0 Å². The van der Waals surface area contributed by atoms with Crippen molar-refractivity contribution in [3.05, 3.63) is 0 Å². The highest BCUT2D eigenvalue weighted by atomic mass is 32.2. The van der Waals surface area contributed by atoms with Crippen molar-refractivity contribution in [2.24, 2.45) is 0 Å². The molecule has 0 aliphatic carbocycles. The van der Waals surface area contributed by atoms with Gasteiger partial charge in [0, 0.05) is 0 Å². The first-order valence-electron chi connectivity index (χ1n) is 4.16. The molecule has 0 unspecified atom stereocenters. The first-order chi connectivity index (χ1) is 4.93. The molecular weight excluding hydrogens is 159 g/mol. The minimum atomic E-state index is 0.951. The van der Waals surface area contributed by atoms with Crippen LogP contribution in [-0.2, 0) is 0 Å². The van der Waals surface area contributed by atoms with Crippen molar-refractivity contribution in [3.8, 4) is 0 Å². The van der Waals surface area contributed by atoms with Crippen LogP contribution in [0.1, 0.15) is 26.2 Å². The monoisotopic (exact) mass is 174 g/mol. The van der Waals surface area contributed by atoms with Gasteiger partial charge in [0.15, 0.2) is 0 Å². The van der Waals surface area contributed by atoms with E-state index < -0.39 is 0 Å². The quantitative estimate of drug-likeness (QED) is 0.474. The van der Waals surface area contributed by atoms with Gasteiger partial charge in [-0.15, -0.1) is 0 Å². The topological polar surface area (TPSA) is 0 Å². The van der Waals surface area contributed by atoms with E-state index in [-0.39, 0.29) is 0 Å². The van der Waals surface area contributed by atoms with Gasteiger partial charge in [0.25, 0.3) is 5.27 Å². The Morgan fingerprint density at radius 3 is 2.50 bits per heavy atom. The molecule has 0 radical (unpaired) electrons. The third kappa shape index (κ3) is 3.24. The predicted octanol–water partition coefficient (Wildman–Crippen LogP) is 3.14. The summed E-state index contributed by atoms with van der Waals surface area (Å²) in [5.41, 5.74) is 0. The van der Waals surface area contributed by atoms with Gasteiger partial charge < -0.3 is 0 Å². The van der Waals surface area contributed by atoms with Gasteiger partial charge in [-0.1, -0.05) is 32.5 Å². The predicted molar refractivity (Wildman–Crippen MR) is 55.0 cm³/mol. The molecule has 1 fully saturated rings. The van der Waals surface area contributed by atoms with E-state index in [0.717, 1.165) is 5.27 Å². The SMILES string of the molecule is CCCCCB1SCCS1. The molecule has 0 amide bonds. The largest absolute Gasteiger partial charge is 0.273 e. The number of hydrogen-bond donors (Lipinski definition) is 0. The number of hydrogen-bond acceptors (Lipinski definition) is 2. The standard InChI is InChI=1S/C7H15BS2/c1-2-3-4-5-8-9-6-7-10-8/h2-7H2,1H3. The highest BCUT2D eigenvalue weighted by molar-refractivity contribution is 8.56.